The van der Waals surface area contributed by atoms with Crippen LogP contribution in [0.4, 0.5) is 18.9 Å². The van der Waals surface area contributed by atoms with Crippen LogP contribution in [0.1, 0.15) is 16.7 Å². The lowest BCUT2D eigenvalue weighted by atomic mass is 9.96. The van der Waals surface area contributed by atoms with Crippen LogP contribution in [-0.2, 0) is 6.18 Å². The van der Waals surface area contributed by atoms with Gasteiger partial charge < -0.3 is 5.73 Å². The van der Waals surface area contributed by atoms with Crippen molar-refractivity contribution >= 4 is 5.69 Å². The zero-order valence-corrected chi connectivity index (χ0v) is 10.7. The molecule has 0 saturated carbocycles. The summed E-state index contributed by atoms with van der Waals surface area (Å²) in [6.07, 6.45) is -4.33. The third kappa shape index (κ3) is 2.72. The Hall–Kier alpha value is -1.97. The summed E-state index contributed by atoms with van der Waals surface area (Å²) in [5, 5.41) is 0. The number of alkyl halides is 3. The number of rotatable bonds is 1. The molecule has 0 aliphatic rings. The van der Waals surface area contributed by atoms with Gasteiger partial charge in [0.15, 0.2) is 0 Å². The Morgan fingerprint density at radius 2 is 1.63 bits per heavy atom. The maximum absolute atomic E-state index is 12.7. The van der Waals surface area contributed by atoms with E-state index in [9.17, 15) is 13.2 Å². The fraction of sp³-hybridized carbons (Fsp3) is 0.200. The number of nitrogen functional groups attached to an aromatic ring is 1. The Morgan fingerprint density at radius 3 is 2.26 bits per heavy atom. The smallest absolute Gasteiger partial charge is 0.399 e. The summed E-state index contributed by atoms with van der Waals surface area (Å²) in [6, 6.07) is 8.93. The van der Waals surface area contributed by atoms with Gasteiger partial charge in [-0.2, -0.15) is 13.2 Å². The van der Waals surface area contributed by atoms with Crippen molar-refractivity contribution in [3.05, 3.63) is 53.1 Å². The molecule has 0 unspecified atom stereocenters. The molecular weight excluding hydrogens is 251 g/mol. The third-order valence-corrected chi connectivity index (χ3v) is 3.11. The average molecular weight is 265 g/mol. The zero-order valence-electron chi connectivity index (χ0n) is 10.7. The molecule has 0 aromatic heterocycles. The van der Waals surface area contributed by atoms with Crippen molar-refractivity contribution in [2.75, 3.05) is 5.73 Å². The maximum Gasteiger partial charge on any atom is 0.416 e. The van der Waals surface area contributed by atoms with Gasteiger partial charge >= 0.3 is 6.18 Å². The molecule has 2 aromatic carbocycles. The van der Waals surface area contributed by atoms with Crippen LogP contribution in [-0.4, -0.2) is 0 Å². The second-order valence-corrected chi connectivity index (χ2v) is 4.60. The molecule has 0 saturated heterocycles. The molecule has 0 aliphatic heterocycles. The van der Waals surface area contributed by atoms with E-state index in [1.165, 1.54) is 6.07 Å². The van der Waals surface area contributed by atoms with Gasteiger partial charge in [-0.15, -0.1) is 0 Å². The second kappa shape index (κ2) is 4.61. The monoisotopic (exact) mass is 265 g/mol. The van der Waals surface area contributed by atoms with Crippen LogP contribution >= 0.6 is 0 Å². The maximum atomic E-state index is 12.7. The standard InChI is InChI=1S/C15H14F3N/c1-9-7-14(19)10(2)6-13(9)11-4-3-5-12(8-11)15(16,17)18/h3-8H,19H2,1-2H3. The molecule has 0 atom stereocenters. The van der Waals surface area contributed by atoms with Gasteiger partial charge in [0.25, 0.3) is 0 Å². The van der Waals surface area contributed by atoms with Crippen LogP contribution < -0.4 is 5.73 Å². The zero-order chi connectivity index (χ0) is 14.2. The minimum absolute atomic E-state index is 0.551. The van der Waals surface area contributed by atoms with Crippen molar-refractivity contribution in [3.63, 3.8) is 0 Å². The molecule has 100 valence electrons. The molecule has 2 rings (SSSR count). The lowest BCUT2D eigenvalue weighted by Gasteiger charge is -2.12. The summed E-state index contributed by atoms with van der Waals surface area (Å²) in [6.45, 7) is 3.68. The van der Waals surface area contributed by atoms with E-state index in [2.05, 4.69) is 0 Å². The van der Waals surface area contributed by atoms with Gasteiger partial charge in [0.2, 0.25) is 0 Å². The largest absolute Gasteiger partial charge is 0.416 e. The molecule has 4 heteroatoms. The van der Waals surface area contributed by atoms with E-state index in [1.807, 2.05) is 19.9 Å². The van der Waals surface area contributed by atoms with Gasteiger partial charge in [-0.05, 0) is 60.4 Å². The molecule has 1 nitrogen and oxygen atoms in total. The van der Waals surface area contributed by atoms with E-state index in [4.69, 9.17) is 5.73 Å². The van der Waals surface area contributed by atoms with Gasteiger partial charge in [0.05, 0.1) is 5.56 Å². The Bertz CT molecular complexity index is 615. The van der Waals surface area contributed by atoms with Crippen LogP contribution in [0, 0.1) is 13.8 Å². The number of halogens is 3. The van der Waals surface area contributed by atoms with Crippen LogP contribution in [0.15, 0.2) is 36.4 Å². The number of hydrogen-bond donors (Lipinski definition) is 1. The van der Waals surface area contributed by atoms with Gasteiger partial charge in [0, 0.05) is 5.69 Å². The normalized spacial score (nSPS) is 11.6. The molecule has 0 radical (unpaired) electrons. The number of anilines is 1. The summed E-state index contributed by atoms with van der Waals surface area (Å²) in [7, 11) is 0. The first kappa shape index (κ1) is 13.5. The van der Waals surface area contributed by atoms with Crippen LogP contribution in [0.2, 0.25) is 0 Å². The van der Waals surface area contributed by atoms with Gasteiger partial charge in [-0.25, -0.2) is 0 Å². The van der Waals surface area contributed by atoms with E-state index < -0.39 is 11.7 Å². The summed E-state index contributed by atoms with van der Waals surface area (Å²) in [4.78, 5) is 0. The Labute approximate surface area is 109 Å². The lowest BCUT2D eigenvalue weighted by Crippen LogP contribution is -2.04. The Kier molecular flexibility index (Phi) is 3.27. The van der Waals surface area contributed by atoms with Gasteiger partial charge in [-0.3, -0.25) is 0 Å². The van der Waals surface area contributed by atoms with E-state index in [0.717, 1.165) is 28.8 Å². The summed E-state index contributed by atoms with van der Waals surface area (Å²) in [5.41, 5.74) is 8.84. The highest BCUT2D eigenvalue weighted by Crippen LogP contribution is 2.34. The van der Waals surface area contributed by atoms with Crippen LogP contribution in [0.3, 0.4) is 0 Å². The first-order valence-corrected chi connectivity index (χ1v) is 5.83. The van der Waals surface area contributed by atoms with Gasteiger partial charge in [-0.1, -0.05) is 12.1 Å². The van der Waals surface area contributed by atoms with Crippen molar-refractivity contribution in [1.82, 2.24) is 0 Å². The molecule has 0 fully saturated rings. The van der Waals surface area contributed by atoms with E-state index >= 15 is 0 Å². The van der Waals surface area contributed by atoms with Crippen molar-refractivity contribution in [1.29, 1.82) is 0 Å². The molecule has 19 heavy (non-hydrogen) atoms. The Balaban J connectivity index is 2.57. The molecule has 0 amide bonds. The Morgan fingerprint density at radius 1 is 0.947 bits per heavy atom. The number of nitrogens with two attached hydrogens (primary N) is 1. The highest BCUT2D eigenvalue weighted by atomic mass is 19.4. The number of benzene rings is 2. The minimum atomic E-state index is -4.33. The summed E-state index contributed by atoms with van der Waals surface area (Å²) >= 11 is 0. The number of hydrogen-bond acceptors (Lipinski definition) is 1. The van der Waals surface area contributed by atoms with Crippen molar-refractivity contribution < 1.29 is 13.2 Å². The second-order valence-electron chi connectivity index (χ2n) is 4.60. The van der Waals surface area contributed by atoms with Gasteiger partial charge in [0.1, 0.15) is 0 Å². The van der Waals surface area contributed by atoms with Crippen molar-refractivity contribution in [2.24, 2.45) is 0 Å². The molecular formula is C15H14F3N. The first-order valence-electron chi connectivity index (χ1n) is 5.83. The third-order valence-electron chi connectivity index (χ3n) is 3.11. The highest BCUT2D eigenvalue weighted by molar-refractivity contribution is 5.72. The minimum Gasteiger partial charge on any atom is -0.399 e. The summed E-state index contributed by atoms with van der Waals surface area (Å²) in [5.74, 6) is 0. The molecule has 0 heterocycles. The quantitative estimate of drug-likeness (QED) is 0.751. The molecule has 2 aromatic rings. The number of aryl methyl sites for hydroxylation is 2. The fourth-order valence-corrected chi connectivity index (χ4v) is 2.01. The lowest BCUT2D eigenvalue weighted by molar-refractivity contribution is -0.137. The van der Waals surface area contributed by atoms with Crippen molar-refractivity contribution in [3.8, 4) is 11.1 Å². The van der Waals surface area contributed by atoms with E-state index in [0.29, 0.717) is 11.3 Å². The van der Waals surface area contributed by atoms with E-state index in [1.54, 1.807) is 12.1 Å². The topological polar surface area (TPSA) is 26.0 Å². The SMILES string of the molecule is Cc1cc(-c2cccc(C(F)(F)F)c2)c(C)cc1N. The van der Waals surface area contributed by atoms with Crippen molar-refractivity contribution in [2.45, 2.75) is 20.0 Å². The fourth-order valence-electron chi connectivity index (χ4n) is 2.01. The predicted molar refractivity (Wildman–Crippen MR) is 70.8 cm³/mol. The molecule has 2 N–H and O–H groups in total. The predicted octanol–water partition coefficient (Wildman–Crippen LogP) is 4.57. The summed E-state index contributed by atoms with van der Waals surface area (Å²) < 4.78 is 38.1. The van der Waals surface area contributed by atoms with Crippen LogP contribution in [0.5, 0.6) is 0 Å². The molecule has 0 aliphatic carbocycles. The average Bonchev–Trinajstić information content (AvgIpc) is 2.33. The first-order chi connectivity index (χ1) is 8.79. The van der Waals surface area contributed by atoms with E-state index in [-0.39, 0.29) is 0 Å². The molecule has 0 bridgehead atoms. The van der Waals surface area contributed by atoms with Crippen LogP contribution in [0.25, 0.3) is 11.1 Å². The molecule has 0 spiro atoms. The highest BCUT2D eigenvalue weighted by Gasteiger charge is 2.30.